The van der Waals surface area contributed by atoms with Crippen LogP contribution < -0.4 is 0 Å². The molecule has 0 saturated heterocycles. The van der Waals surface area contributed by atoms with Gasteiger partial charge in [-0.25, -0.2) is 0 Å². The molecule has 1 atom stereocenters. The zero-order valence-electron chi connectivity index (χ0n) is 14.0. The van der Waals surface area contributed by atoms with Gasteiger partial charge in [-0.3, -0.25) is 9.13 Å². The summed E-state index contributed by atoms with van der Waals surface area (Å²) < 4.78 is 22.4. The molecule has 1 aromatic carbocycles. The van der Waals surface area contributed by atoms with E-state index in [0.717, 1.165) is 11.1 Å². The van der Waals surface area contributed by atoms with Crippen molar-refractivity contribution in [2.45, 2.75) is 45.2 Å². The summed E-state index contributed by atoms with van der Waals surface area (Å²) in [5.41, 5.74) is 2.37. The first kappa shape index (κ1) is 21.3. The average Bonchev–Trinajstić information content (AvgIpc) is 2.41. The molecule has 6 nitrogen and oxygen atoms in total. The molecule has 0 fully saturated rings. The van der Waals surface area contributed by atoms with E-state index < -0.39 is 20.9 Å². The summed E-state index contributed by atoms with van der Waals surface area (Å²) in [5.74, 6) is 0. The van der Waals surface area contributed by atoms with E-state index in [-0.39, 0.29) is 25.4 Å². The van der Waals surface area contributed by atoms with Gasteiger partial charge in [-0.1, -0.05) is 35.9 Å². The van der Waals surface area contributed by atoms with Crippen LogP contribution in [0.5, 0.6) is 0 Å². The topological polar surface area (TPSA) is 115 Å². The second-order valence-corrected chi connectivity index (χ2v) is 9.96. The van der Waals surface area contributed by atoms with Crippen molar-refractivity contribution in [3.63, 3.8) is 0 Å². The van der Waals surface area contributed by atoms with Crippen LogP contribution in [0.4, 0.5) is 0 Å². The van der Waals surface area contributed by atoms with Gasteiger partial charge >= 0.3 is 15.2 Å². The number of hydrogen-bond acceptors (Lipinski definition) is 2. The van der Waals surface area contributed by atoms with E-state index in [4.69, 9.17) is 9.79 Å². The van der Waals surface area contributed by atoms with E-state index in [0.29, 0.717) is 6.42 Å². The van der Waals surface area contributed by atoms with Crippen LogP contribution in [0.25, 0.3) is 6.08 Å². The van der Waals surface area contributed by atoms with Crippen LogP contribution >= 0.6 is 15.2 Å². The van der Waals surface area contributed by atoms with Gasteiger partial charge in [-0.15, -0.1) is 0 Å². The first-order valence-corrected chi connectivity index (χ1v) is 11.3. The molecule has 0 heterocycles. The van der Waals surface area contributed by atoms with E-state index in [2.05, 4.69) is 0 Å². The molecule has 1 aromatic rings. The maximum atomic E-state index is 11.6. The Labute approximate surface area is 142 Å². The molecule has 0 aliphatic rings. The summed E-state index contributed by atoms with van der Waals surface area (Å²) in [6.07, 6.45) is 2.70. The Bertz CT molecular complexity index is 637. The normalized spacial score (nSPS) is 13.6. The number of hydrogen-bond donors (Lipinski definition) is 4. The lowest BCUT2D eigenvalue weighted by Gasteiger charge is -2.18. The number of benzene rings is 1. The molecular formula is C16H26O6P2. The molecule has 1 rings (SSSR count). The van der Waals surface area contributed by atoms with Crippen LogP contribution in [-0.4, -0.2) is 31.4 Å². The quantitative estimate of drug-likeness (QED) is 0.490. The highest BCUT2D eigenvalue weighted by atomic mass is 31.2. The highest BCUT2D eigenvalue weighted by Gasteiger charge is 2.28. The Morgan fingerprint density at radius 1 is 1.04 bits per heavy atom. The molecule has 8 heteroatoms. The lowest BCUT2D eigenvalue weighted by Crippen LogP contribution is -2.11. The van der Waals surface area contributed by atoms with Crippen molar-refractivity contribution in [1.82, 2.24) is 0 Å². The number of aryl methyl sites for hydroxylation is 1. The minimum atomic E-state index is -4.29. The van der Waals surface area contributed by atoms with Gasteiger partial charge in [0.1, 0.15) is 0 Å². The minimum absolute atomic E-state index is 0.0968. The highest BCUT2D eigenvalue weighted by Crippen LogP contribution is 2.46. The summed E-state index contributed by atoms with van der Waals surface area (Å²) >= 11 is 0. The van der Waals surface area contributed by atoms with E-state index in [1.165, 1.54) is 5.57 Å². The van der Waals surface area contributed by atoms with Crippen LogP contribution in [0.1, 0.15) is 44.2 Å². The summed E-state index contributed by atoms with van der Waals surface area (Å²) in [4.78, 5) is 36.6. The summed E-state index contributed by atoms with van der Waals surface area (Å²) in [7, 11) is -8.41. The van der Waals surface area contributed by atoms with E-state index in [1.807, 2.05) is 44.2 Å². The monoisotopic (exact) mass is 376 g/mol. The lowest BCUT2D eigenvalue weighted by molar-refractivity contribution is 0.346. The van der Waals surface area contributed by atoms with Crippen molar-refractivity contribution in [1.29, 1.82) is 0 Å². The lowest BCUT2D eigenvalue weighted by atomic mass is 10.0. The third-order valence-corrected chi connectivity index (χ3v) is 6.03. The smallest absolute Gasteiger partial charge is 0.324 e. The summed E-state index contributed by atoms with van der Waals surface area (Å²) in [6, 6.07) is 7.79. The highest BCUT2D eigenvalue weighted by molar-refractivity contribution is 7.52. The zero-order chi connectivity index (χ0) is 18.4. The molecule has 4 N–H and O–H groups in total. The van der Waals surface area contributed by atoms with Crippen LogP contribution in [-0.2, 0) is 15.6 Å². The molecule has 0 aromatic heterocycles. The third-order valence-electron chi connectivity index (χ3n) is 3.66. The molecule has 0 aliphatic carbocycles. The van der Waals surface area contributed by atoms with Gasteiger partial charge in [0, 0.05) is 6.16 Å². The Morgan fingerprint density at radius 2 is 1.62 bits per heavy atom. The summed E-state index contributed by atoms with van der Waals surface area (Å²) in [6.45, 7) is 4.02. The molecule has 0 saturated carbocycles. The molecule has 0 aliphatic heterocycles. The molecular weight excluding hydrogens is 350 g/mol. The van der Waals surface area contributed by atoms with Gasteiger partial charge in [-0.05, 0) is 50.7 Å². The van der Waals surface area contributed by atoms with Crippen molar-refractivity contribution in [3.8, 4) is 0 Å². The standard InChI is InChI=1S/C16H26O6P2/c1-13(2)12-15-7-5-14(6-8-15)9-10-16(24(20,21)22)4-3-11-23(17,18)19/h5-8,12,16H,3-4,9-11H2,1-2H3,(H2,17,18,19)(H2,20,21,22). The van der Waals surface area contributed by atoms with Gasteiger partial charge in [0.2, 0.25) is 0 Å². The van der Waals surface area contributed by atoms with Crippen LogP contribution in [0.15, 0.2) is 29.8 Å². The Hall–Kier alpha value is -0.740. The first-order chi connectivity index (χ1) is 11.0. The second-order valence-electron chi connectivity index (χ2n) is 6.28. The second kappa shape index (κ2) is 9.10. The predicted molar refractivity (Wildman–Crippen MR) is 96.1 cm³/mol. The van der Waals surface area contributed by atoms with Crippen molar-refractivity contribution in [2.24, 2.45) is 0 Å². The fourth-order valence-corrected chi connectivity index (χ4v) is 4.04. The van der Waals surface area contributed by atoms with E-state index >= 15 is 0 Å². The predicted octanol–water partition coefficient (Wildman–Crippen LogP) is 3.55. The Morgan fingerprint density at radius 3 is 2.08 bits per heavy atom. The SMILES string of the molecule is CC(C)=Cc1ccc(CCC(CCCP(=O)(O)O)P(=O)(O)O)cc1. The zero-order valence-corrected chi connectivity index (χ0v) is 15.8. The molecule has 136 valence electrons. The third kappa shape index (κ3) is 8.93. The van der Waals surface area contributed by atoms with Crippen molar-refractivity contribution in [3.05, 3.63) is 41.0 Å². The van der Waals surface area contributed by atoms with Crippen molar-refractivity contribution >= 4 is 21.3 Å². The first-order valence-electron chi connectivity index (χ1n) is 7.81. The fraction of sp³-hybridized carbons (Fsp3) is 0.500. The summed E-state index contributed by atoms with van der Waals surface area (Å²) in [5, 5.41) is 0. The van der Waals surface area contributed by atoms with Crippen LogP contribution in [0, 0.1) is 0 Å². The fourth-order valence-electron chi connectivity index (χ4n) is 2.46. The Kier molecular flexibility index (Phi) is 8.07. The van der Waals surface area contributed by atoms with Crippen LogP contribution in [0.3, 0.4) is 0 Å². The van der Waals surface area contributed by atoms with Gasteiger partial charge in [0.05, 0.1) is 5.66 Å². The maximum absolute atomic E-state index is 11.6. The van der Waals surface area contributed by atoms with Crippen molar-refractivity contribution < 1.29 is 28.7 Å². The molecule has 0 bridgehead atoms. The molecule has 0 radical (unpaired) electrons. The van der Waals surface area contributed by atoms with Gasteiger partial charge in [0.15, 0.2) is 0 Å². The van der Waals surface area contributed by atoms with Crippen molar-refractivity contribution in [2.75, 3.05) is 6.16 Å². The van der Waals surface area contributed by atoms with E-state index in [1.54, 1.807) is 0 Å². The minimum Gasteiger partial charge on any atom is -0.324 e. The largest absolute Gasteiger partial charge is 0.328 e. The van der Waals surface area contributed by atoms with Gasteiger partial charge in [0.25, 0.3) is 0 Å². The molecule has 0 spiro atoms. The van der Waals surface area contributed by atoms with Gasteiger partial charge < -0.3 is 19.6 Å². The van der Waals surface area contributed by atoms with E-state index in [9.17, 15) is 18.9 Å². The van der Waals surface area contributed by atoms with Crippen LogP contribution in [0.2, 0.25) is 0 Å². The van der Waals surface area contributed by atoms with Gasteiger partial charge in [-0.2, -0.15) is 0 Å². The Balaban J connectivity index is 2.63. The molecule has 0 amide bonds. The maximum Gasteiger partial charge on any atom is 0.328 e. The number of allylic oxidation sites excluding steroid dienone is 1. The average molecular weight is 376 g/mol. The number of rotatable bonds is 9. The molecule has 24 heavy (non-hydrogen) atoms. The molecule has 1 unspecified atom stereocenters.